The van der Waals surface area contributed by atoms with Crippen LogP contribution in [0.25, 0.3) is 0 Å². The van der Waals surface area contributed by atoms with Gasteiger partial charge in [-0.2, -0.15) is 0 Å². The molecule has 0 saturated carbocycles. The summed E-state index contributed by atoms with van der Waals surface area (Å²) in [5.74, 6) is -0.111. The average molecular weight is 267 g/mol. The van der Waals surface area contributed by atoms with E-state index in [-0.39, 0.29) is 35.9 Å². The Hall–Kier alpha value is -1.45. The van der Waals surface area contributed by atoms with Gasteiger partial charge in [0.25, 0.3) is 0 Å². The zero-order valence-corrected chi connectivity index (χ0v) is 12.4. The molecule has 108 valence electrons. The Morgan fingerprint density at radius 2 is 1.74 bits per heavy atom. The summed E-state index contributed by atoms with van der Waals surface area (Å²) in [4.78, 5) is 34.2. The van der Waals surface area contributed by atoms with Gasteiger partial charge < -0.3 is 5.32 Å². The SMILES string of the molecule is C/C=C/C(=O)CCCC(=O)NCC(=O)CC(C)(C)C. The summed E-state index contributed by atoms with van der Waals surface area (Å²) in [6.07, 6.45) is 4.81. The van der Waals surface area contributed by atoms with E-state index < -0.39 is 0 Å². The first kappa shape index (κ1) is 17.6. The molecule has 0 fully saturated rings. The number of ketones is 2. The minimum atomic E-state index is -0.171. The standard InChI is InChI=1S/C15H25NO3/c1-5-7-12(17)8-6-9-14(19)16-11-13(18)10-15(2,3)4/h5,7H,6,8-11H2,1-4H3,(H,16,19)/b7-5+. The number of rotatable bonds is 8. The lowest BCUT2D eigenvalue weighted by Gasteiger charge is -2.16. The van der Waals surface area contributed by atoms with Crippen molar-refractivity contribution in [1.82, 2.24) is 5.32 Å². The van der Waals surface area contributed by atoms with Gasteiger partial charge in [-0.3, -0.25) is 14.4 Å². The van der Waals surface area contributed by atoms with Crippen LogP contribution in [0, 0.1) is 5.41 Å². The number of hydrogen-bond donors (Lipinski definition) is 1. The molecule has 0 atom stereocenters. The predicted molar refractivity (Wildman–Crippen MR) is 75.8 cm³/mol. The first-order chi connectivity index (χ1) is 8.74. The Balaban J connectivity index is 3.76. The Kier molecular flexibility index (Phi) is 7.96. The van der Waals surface area contributed by atoms with Crippen LogP contribution in [0.5, 0.6) is 0 Å². The number of hydrogen-bond acceptors (Lipinski definition) is 3. The van der Waals surface area contributed by atoms with E-state index in [0.717, 1.165) is 0 Å². The van der Waals surface area contributed by atoms with Crippen LogP contribution in [0.3, 0.4) is 0 Å². The van der Waals surface area contributed by atoms with Gasteiger partial charge in [0.15, 0.2) is 11.6 Å². The van der Waals surface area contributed by atoms with E-state index in [1.54, 1.807) is 13.0 Å². The van der Waals surface area contributed by atoms with Gasteiger partial charge in [-0.05, 0) is 24.8 Å². The minimum absolute atomic E-state index is 0.0270. The van der Waals surface area contributed by atoms with Crippen molar-refractivity contribution in [2.24, 2.45) is 5.41 Å². The number of Topliss-reactive ketones (excluding diaryl/α,β-unsaturated/α-hetero) is 1. The summed E-state index contributed by atoms with van der Waals surface area (Å²) < 4.78 is 0. The first-order valence-corrected chi connectivity index (χ1v) is 6.68. The highest BCUT2D eigenvalue weighted by molar-refractivity contribution is 5.90. The Bertz CT molecular complexity index is 351. The van der Waals surface area contributed by atoms with E-state index in [2.05, 4.69) is 5.32 Å². The lowest BCUT2D eigenvalue weighted by molar-refractivity contribution is -0.126. The third-order valence-electron chi connectivity index (χ3n) is 2.39. The fourth-order valence-corrected chi connectivity index (χ4v) is 1.63. The third-order valence-corrected chi connectivity index (χ3v) is 2.39. The molecule has 0 radical (unpaired) electrons. The summed E-state index contributed by atoms with van der Waals surface area (Å²) in [6, 6.07) is 0. The zero-order valence-electron chi connectivity index (χ0n) is 12.4. The number of carbonyl (C=O) groups is 3. The topological polar surface area (TPSA) is 63.2 Å². The molecule has 0 rings (SSSR count). The van der Waals surface area contributed by atoms with E-state index in [1.165, 1.54) is 6.08 Å². The predicted octanol–water partition coefficient (Wildman–Crippen LogP) is 2.42. The molecule has 0 aromatic rings. The molecule has 0 aromatic carbocycles. The third kappa shape index (κ3) is 11.4. The Morgan fingerprint density at radius 1 is 1.11 bits per heavy atom. The molecule has 4 heteroatoms. The van der Waals surface area contributed by atoms with E-state index >= 15 is 0 Å². The zero-order chi connectivity index (χ0) is 14.9. The van der Waals surface area contributed by atoms with Gasteiger partial charge in [0.05, 0.1) is 6.54 Å². The van der Waals surface area contributed by atoms with Crippen molar-refractivity contribution in [3.05, 3.63) is 12.2 Å². The lowest BCUT2D eigenvalue weighted by atomic mass is 9.90. The molecule has 0 aromatic heterocycles. The second kappa shape index (κ2) is 8.62. The molecule has 4 nitrogen and oxygen atoms in total. The van der Waals surface area contributed by atoms with Crippen molar-refractivity contribution in [3.8, 4) is 0 Å². The van der Waals surface area contributed by atoms with E-state index in [0.29, 0.717) is 19.3 Å². The average Bonchev–Trinajstić information content (AvgIpc) is 2.24. The summed E-state index contributed by atoms with van der Waals surface area (Å²) in [7, 11) is 0. The van der Waals surface area contributed by atoms with Gasteiger partial charge in [0, 0.05) is 19.3 Å². The fourth-order valence-electron chi connectivity index (χ4n) is 1.63. The second-order valence-electron chi connectivity index (χ2n) is 5.87. The van der Waals surface area contributed by atoms with Crippen LogP contribution < -0.4 is 5.32 Å². The normalized spacial score (nSPS) is 11.6. The van der Waals surface area contributed by atoms with Gasteiger partial charge in [-0.15, -0.1) is 0 Å². The van der Waals surface area contributed by atoms with Crippen LogP contribution in [0.1, 0.15) is 53.4 Å². The van der Waals surface area contributed by atoms with Crippen molar-refractivity contribution in [3.63, 3.8) is 0 Å². The van der Waals surface area contributed by atoms with Crippen LogP contribution in [0.2, 0.25) is 0 Å². The van der Waals surface area contributed by atoms with Gasteiger partial charge in [0.1, 0.15) is 0 Å². The molecule has 19 heavy (non-hydrogen) atoms. The molecule has 0 unspecified atom stereocenters. The highest BCUT2D eigenvalue weighted by atomic mass is 16.2. The maximum atomic E-state index is 11.6. The number of amides is 1. The van der Waals surface area contributed by atoms with E-state index in [1.807, 2.05) is 20.8 Å². The maximum absolute atomic E-state index is 11.6. The highest BCUT2D eigenvalue weighted by Crippen LogP contribution is 2.18. The van der Waals surface area contributed by atoms with Crippen LogP contribution in [-0.4, -0.2) is 24.0 Å². The Labute approximate surface area is 115 Å². The van der Waals surface area contributed by atoms with Crippen LogP contribution in [0.4, 0.5) is 0 Å². The van der Waals surface area contributed by atoms with Crippen molar-refractivity contribution >= 4 is 17.5 Å². The summed E-state index contributed by atoms with van der Waals surface area (Å²) >= 11 is 0. The summed E-state index contributed by atoms with van der Waals surface area (Å²) in [5, 5.41) is 2.59. The van der Waals surface area contributed by atoms with Crippen molar-refractivity contribution in [2.75, 3.05) is 6.54 Å². The smallest absolute Gasteiger partial charge is 0.220 e. The second-order valence-corrected chi connectivity index (χ2v) is 5.87. The highest BCUT2D eigenvalue weighted by Gasteiger charge is 2.16. The largest absolute Gasteiger partial charge is 0.349 e. The van der Waals surface area contributed by atoms with Crippen molar-refractivity contribution < 1.29 is 14.4 Å². The lowest BCUT2D eigenvalue weighted by Crippen LogP contribution is -2.31. The molecule has 0 aliphatic carbocycles. The minimum Gasteiger partial charge on any atom is -0.349 e. The van der Waals surface area contributed by atoms with Crippen LogP contribution in [-0.2, 0) is 14.4 Å². The van der Waals surface area contributed by atoms with Crippen LogP contribution in [0.15, 0.2) is 12.2 Å². The number of nitrogens with one attached hydrogen (secondary N) is 1. The number of carbonyl (C=O) groups excluding carboxylic acids is 3. The quantitative estimate of drug-likeness (QED) is 0.687. The van der Waals surface area contributed by atoms with Crippen molar-refractivity contribution in [2.45, 2.75) is 53.4 Å². The van der Waals surface area contributed by atoms with Gasteiger partial charge in [0.2, 0.25) is 5.91 Å². The van der Waals surface area contributed by atoms with Gasteiger partial charge >= 0.3 is 0 Å². The molecule has 0 bridgehead atoms. The Morgan fingerprint density at radius 3 is 2.26 bits per heavy atom. The molecule has 1 amide bonds. The molecule has 0 spiro atoms. The molecule has 0 heterocycles. The molecule has 0 aliphatic heterocycles. The summed E-state index contributed by atoms with van der Waals surface area (Å²) in [6.45, 7) is 7.82. The van der Waals surface area contributed by atoms with E-state index in [9.17, 15) is 14.4 Å². The monoisotopic (exact) mass is 267 g/mol. The molecular weight excluding hydrogens is 242 g/mol. The first-order valence-electron chi connectivity index (χ1n) is 6.68. The summed E-state index contributed by atoms with van der Waals surface area (Å²) in [5.41, 5.74) is -0.0548. The maximum Gasteiger partial charge on any atom is 0.220 e. The van der Waals surface area contributed by atoms with Gasteiger partial charge in [-0.1, -0.05) is 26.8 Å². The molecule has 0 saturated heterocycles. The molecule has 0 aliphatic rings. The molecular formula is C15H25NO3. The van der Waals surface area contributed by atoms with Crippen molar-refractivity contribution in [1.29, 1.82) is 0 Å². The van der Waals surface area contributed by atoms with Crippen LogP contribution >= 0.6 is 0 Å². The molecule has 1 N–H and O–H groups in total. The van der Waals surface area contributed by atoms with E-state index in [4.69, 9.17) is 0 Å². The van der Waals surface area contributed by atoms with Gasteiger partial charge in [-0.25, -0.2) is 0 Å². The fraction of sp³-hybridized carbons (Fsp3) is 0.667. The number of allylic oxidation sites excluding steroid dienone is 2.